The molecule has 0 radical (unpaired) electrons. The second kappa shape index (κ2) is 3.66. The Labute approximate surface area is 86.9 Å². The van der Waals surface area contributed by atoms with Gasteiger partial charge in [-0.15, -0.1) is 0 Å². The number of nitrogens with two attached hydrogens (primary N) is 1. The minimum Gasteiger partial charge on any atom is -0.330 e. The number of nitrogens with one attached hydrogen (secondary N) is 1. The molecule has 1 aromatic rings. The Morgan fingerprint density at radius 1 is 1.40 bits per heavy atom. The first-order chi connectivity index (χ1) is 7.15. The van der Waals surface area contributed by atoms with E-state index in [1.807, 2.05) is 0 Å². The Morgan fingerprint density at radius 2 is 2.13 bits per heavy atom. The molecule has 1 aliphatic carbocycles. The standard InChI is InChI=1S/C10H15N3O2/c11-6-5-10(3-4-10)7-13-9(15)2-1-8(14)12-13/h1-2H,3-7,11H2,(H,12,14). The van der Waals surface area contributed by atoms with E-state index in [1.54, 1.807) is 0 Å². The molecule has 0 atom stereocenters. The van der Waals surface area contributed by atoms with Gasteiger partial charge in [0.2, 0.25) is 0 Å². The molecule has 0 unspecified atom stereocenters. The van der Waals surface area contributed by atoms with Crippen molar-refractivity contribution in [2.24, 2.45) is 11.1 Å². The normalized spacial score (nSPS) is 17.7. The average Bonchev–Trinajstić information content (AvgIpc) is 2.92. The zero-order valence-corrected chi connectivity index (χ0v) is 8.53. The van der Waals surface area contributed by atoms with Gasteiger partial charge < -0.3 is 5.73 Å². The summed E-state index contributed by atoms with van der Waals surface area (Å²) in [4.78, 5) is 22.5. The minimum absolute atomic E-state index is 0.155. The summed E-state index contributed by atoms with van der Waals surface area (Å²) in [7, 11) is 0. The van der Waals surface area contributed by atoms with Gasteiger partial charge in [-0.3, -0.25) is 14.7 Å². The molecule has 5 nitrogen and oxygen atoms in total. The number of hydrogen-bond acceptors (Lipinski definition) is 3. The highest BCUT2D eigenvalue weighted by atomic mass is 16.1. The number of nitrogens with zero attached hydrogens (tertiary/aromatic N) is 1. The third-order valence-electron chi connectivity index (χ3n) is 3.01. The number of rotatable bonds is 4. The molecular formula is C10H15N3O2. The van der Waals surface area contributed by atoms with E-state index < -0.39 is 0 Å². The largest absolute Gasteiger partial charge is 0.330 e. The summed E-state index contributed by atoms with van der Waals surface area (Å²) in [5.74, 6) is 0. The van der Waals surface area contributed by atoms with E-state index in [1.165, 1.54) is 16.8 Å². The molecule has 0 bridgehead atoms. The summed E-state index contributed by atoms with van der Waals surface area (Å²) >= 11 is 0. The van der Waals surface area contributed by atoms with Crippen LogP contribution in [-0.2, 0) is 6.54 Å². The average molecular weight is 209 g/mol. The predicted octanol–water partition coefficient (Wildman–Crippen LogP) is -0.334. The molecule has 0 saturated heterocycles. The van der Waals surface area contributed by atoms with E-state index in [4.69, 9.17) is 5.73 Å². The lowest BCUT2D eigenvalue weighted by Crippen LogP contribution is -2.31. The highest BCUT2D eigenvalue weighted by Crippen LogP contribution is 2.49. The molecule has 15 heavy (non-hydrogen) atoms. The van der Waals surface area contributed by atoms with E-state index in [2.05, 4.69) is 5.10 Å². The van der Waals surface area contributed by atoms with Crippen molar-refractivity contribution in [3.05, 3.63) is 32.8 Å². The first-order valence-corrected chi connectivity index (χ1v) is 5.15. The maximum Gasteiger partial charge on any atom is 0.265 e. The van der Waals surface area contributed by atoms with Gasteiger partial charge in [-0.2, -0.15) is 0 Å². The van der Waals surface area contributed by atoms with Crippen LogP contribution in [0.2, 0.25) is 0 Å². The Balaban J connectivity index is 2.21. The fourth-order valence-electron chi connectivity index (χ4n) is 1.89. The van der Waals surface area contributed by atoms with Gasteiger partial charge in [0, 0.05) is 18.7 Å². The van der Waals surface area contributed by atoms with Gasteiger partial charge in [-0.1, -0.05) is 0 Å². The van der Waals surface area contributed by atoms with Crippen LogP contribution in [0.1, 0.15) is 19.3 Å². The van der Waals surface area contributed by atoms with Crippen molar-refractivity contribution >= 4 is 0 Å². The van der Waals surface area contributed by atoms with Crippen LogP contribution in [0.5, 0.6) is 0 Å². The zero-order valence-electron chi connectivity index (χ0n) is 8.53. The SMILES string of the molecule is NCCC1(Cn2[nH]c(=O)ccc2=O)CC1. The number of aromatic nitrogens is 2. The van der Waals surface area contributed by atoms with Crippen LogP contribution in [0.4, 0.5) is 0 Å². The van der Waals surface area contributed by atoms with E-state index >= 15 is 0 Å². The van der Waals surface area contributed by atoms with Crippen LogP contribution in [0.25, 0.3) is 0 Å². The lowest BCUT2D eigenvalue weighted by atomic mass is 10.0. The molecule has 82 valence electrons. The van der Waals surface area contributed by atoms with Gasteiger partial charge in [0.05, 0.1) is 0 Å². The second-order valence-corrected chi connectivity index (χ2v) is 4.27. The molecule has 0 aromatic carbocycles. The molecule has 3 N–H and O–H groups in total. The monoisotopic (exact) mass is 209 g/mol. The van der Waals surface area contributed by atoms with Crippen LogP contribution >= 0.6 is 0 Å². The Bertz CT molecular complexity index is 456. The molecule has 1 aliphatic rings. The lowest BCUT2D eigenvalue weighted by Gasteiger charge is -2.14. The minimum atomic E-state index is -0.238. The molecular weight excluding hydrogens is 194 g/mol. The summed E-state index contributed by atoms with van der Waals surface area (Å²) < 4.78 is 1.39. The maximum atomic E-state index is 11.4. The van der Waals surface area contributed by atoms with Gasteiger partial charge in [0.1, 0.15) is 0 Å². The smallest absolute Gasteiger partial charge is 0.265 e. The van der Waals surface area contributed by atoms with E-state index in [-0.39, 0.29) is 16.5 Å². The summed E-state index contributed by atoms with van der Waals surface area (Å²) in [6.07, 6.45) is 3.09. The topological polar surface area (TPSA) is 80.9 Å². The molecule has 0 aliphatic heterocycles. The van der Waals surface area contributed by atoms with Crippen LogP contribution < -0.4 is 16.9 Å². The quantitative estimate of drug-likeness (QED) is 0.712. The van der Waals surface area contributed by atoms with Crippen LogP contribution in [0.3, 0.4) is 0 Å². The molecule has 1 saturated carbocycles. The Kier molecular flexibility index (Phi) is 2.48. The fourth-order valence-corrected chi connectivity index (χ4v) is 1.89. The van der Waals surface area contributed by atoms with Gasteiger partial charge in [0.15, 0.2) is 0 Å². The number of aromatic amines is 1. The molecule has 0 spiro atoms. The van der Waals surface area contributed by atoms with Gasteiger partial charge in [0.25, 0.3) is 11.1 Å². The molecule has 1 heterocycles. The Hall–Kier alpha value is -1.36. The number of H-pyrrole nitrogens is 1. The van der Waals surface area contributed by atoms with Crippen molar-refractivity contribution in [3.63, 3.8) is 0 Å². The first-order valence-electron chi connectivity index (χ1n) is 5.15. The van der Waals surface area contributed by atoms with E-state index in [0.717, 1.165) is 19.3 Å². The fraction of sp³-hybridized carbons (Fsp3) is 0.600. The third kappa shape index (κ3) is 2.18. The predicted molar refractivity (Wildman–Crippen MR) is 56.7 cm³/mol. The number of hydrogen-bond donors (Lipinski definition) is 2. The van der Waals surface area contributed by atoms with Crippen molar-refractivity contribution in [2.45, 2.75) is 25.8 Å². The van der Waals surface area contributed by atoms with E-state index in [9.17, 15) is 9.59 Å². The van der Waals surface area contributed by atoms with Crippen molar-refractivity contribution in [1.29, 1.82) is 0 Å². The molecule has 2 rings (SSSR count). The van der Waals surface area contributed by atoms with Crippen molar-refractivity contribution in [3.8, 4) is 0 Å². The first kappa shape index (κ1) is 10.2. The molecule has 0 amide bonds. The van der Waals surface area contributed by atoms with E-state index in [0.29, 0.717) is 13.1 Å². The van der Waals surface area contributed by atoms with Gasteiger partial charge in [-0.05, 0) is 31.2 Å². The highest BCUT2D eigenvalue weighted by molar-refractivity contribution is 4.95. The lowest BCUT2D eigenvalue weighted by molar-refractivity contribution is 0.363. The second-order valence-electron chi connectivity index (χ2n) is 4.27. The molecule has 1 fully saturated rings. The summed E-state index contributed by atoms with van der Waals surface area (Å²) in [6.45, 7) is 1.21. The molecule has 1 aromatic heterocycles. The third-order valence-corrected chi connectivity index (χ3v) is 3.01. The highest BCUT2D eigenvalue weighted by Gasteiger charge is 2.42. The van der Waals surface area contributed by atoms with Crippen molar-refractivity contribution in [2.75, 3.05) is 6.54 Å². The zero-order chi connectivity index (χ0) is 10.9. The van der Waals surface area contributed by atoms with Crippen molar-refractivity contribution in [1.82, 2.24) is 9.78 Å². The van der Waals surface area contributed by atoms with Crippen molar-refractivity contribution < 1.29 is 0 Å². The summed E-state index contributed by atoms with van der Waals surface area (Å²) in [6, 6.07) is 2.55. The molecule has 5 heteroatoms. The van der Waals surface area contributed by atoms with Crippen LogP contribution in [-0.4, -0.2) is 16.3 Å². The Morgan fingerprint density at radius 3 is 2.73 bits per heavy atom. The summed E-state index contributed by atoms with van der Waals surface area (Å²) in [5, 5.41) is 2.54. The van der Waals surface area contributed by atoms with Crippen LogP contribution in [0.15, 0.2) is 21.7 Å². The summed E-state index contributed by atoms with van der Waals surface area (Å²) in [5.41, 5.74) is 5.28. The van der Waals surface area contributed by atoms with Gasteiger partial charge in [-0.25, -0.2) is 4.68 Å². The maximum absolute atomic E-state index is 11.4. The van der Waals surface area contributed by atoms with Gasteiger partial charge >= 0.3 is 0 Å². The van der Waals surface area contributed by atoms with Crippen LogP contribution in [0, 0.1) is 5.41 Å².